The van der Waals surface area contributed by atoms with Crippen LogP contribution in [0.15, 0.2) is 29.6 Å². The Morgan fingerprint density at radius 2 is 1.84 bits per heavy atom. The molecule has 0 saturated carbocycles. The summed E-state index contributed by atoms with van der Waals surface area (Å²) in [6.45, 7) is 4.71. The molecule has 1 aliphatic carbocycles. The molecule has 0 spiro atoms. The fourth-order valence-corrected chi connectivity index (χ4v) is 4.18. The average molecular weight is 356 g/mol. The van der Waals surface area contributed by atoms with E-state index in [1.807, 2.05) is 31.4 Å². The zero-order chi connectivity index (χ0) is 17.8. The Morgan fingerprint density at radius 1 is 1.08 bits per heavy atom. The van der Waals surface area contributed by atoms with Crippen LogP contribution in [0.5, 0.6) is 0 Å². The van der Waals surface area contributed by atoms with E-state index in [1.165, 1.54) is 16.9 Å². The number of benzene rings is 1. The topological polar surface area (TPSA) is 58.2 Å². The van der Waals surface area contributed by atoms with Gasteiger partial charge in [-0.3, -0.25) is 9.59 Å². The first kappa shape index (κ1) is 17.7. The maximum Gasteiger partial charge on any atom is 0.256 e. The van der Waals surface area contributed by atoms with Crippen LogP contribution in [-0.2, 0) is 12.8 Å². The highest BCUT2D eigenvalue weighted by atomic mass is 32.1. The van der Waals surface area contributed by atoms with Crippen LogP contribution < -0.4 is 10.6 Å². The third kappa shape index (κ3) is 4.10. The number of nitrogens with one attached hydrogen (secondary N) is 2. The predicted octanol–water partition coefficient (Wildman–Crippen LogP) is 4.27. The Morgan fingerprint density at radius 3 is 2.64 bits per heavy atom. The monoisotopic (exact) mass is 356 g/mol. The average Bonchev–Trinajstić information content (AvgIpc) is 3.04. The molecule has 1 aromatic heterocycles. The number of anilines is 1. The van der Waals surface area contributed by atoms with Gasteiger partial charge in [-0.2, -0.15) is 0 Å². The number of carbonyl (C=O) groups excluding carboxylic acids is 2. The van der Waals surface area contributed by atoms with Crippen LogP contribution in [0.25, 0.3) is 0 Å². The molecule has 2 aromatic rings. The molecule has 2 N–H and O–H groups in total. The van der Waals surface area contributed by atoms with Gasteiger partial charge in [0.25, 0.3) is 11.8 Å². The van der Waals surface area contributed by atoms with Crippen molar-refractivity contribution in [1.82, 2.24) is 5.32 Å². The maximum atomic E-state index is 12.8. The molecular formula is C20H24N2O2S. The molecule has 25 heavy (non-hydrogen) atoms. The van der Waals surface area contributed by atoms with Crippen LogP contribution >= 0.6 is 11.3 Å². The highest BCUT2D eigenvalue weighted by Gasteiger charge is 2.21. The fraction of sp³-hybridized carbons (Fsp3) is 0.400. The molecule has 0 saturated heterocycles. The van der Waals surface area contributed by atoms with Crippen molar-refractivity contribution in [1.29, 1.82) is 0 Å². The number of hydrogen-bond acceptors (Lipinski definition) is 3. The number of rotatable bonds is 5. The van der Waals surface area contributed by atoms with E-state index >= 15 is 0 Å². The van der Waals surface area contributed by atoms with Crippen molar-refractivity contribution in [3.63, 3.8) is 0 Å². The molecule has 3 rings (SSSR count). The second-order valence-electron chi connectivity index (χ2n) is 6.86. The summed E-state index contributed by atoms with van der Waals surface area (Å²) in [5, 5.41) is 7.80. The van der Waals surface area contributed by atoms with E-state index in [9.17, 15) is 9.59 Å². The van der Waals surface area contributed by atoms with Gasteiger partial charge in [-0.15, -0.1) is 11.3 Å². The molecule has 0 bridgehead atoms. The van der Waals surface area contributed by atoms with Crippen molar-refractivity contribution >= 4 is 28.8 Å². The van der Waals surface area contributed by atoms with Crippen LogP contribution in [0.4, 0.5) is 5.69 Å². The van der Waals surface area contributed by atoms with Crippen molar-refractivity contribution in [2.75, 3.05) is 11.9 Å². The van der Waals surface area contributed by atoms with E-state index in [-0.39, 0.29) is 11.8 Å². The van der Waals surface area contributed by atoms with Crippen molar-refractivity contribution in [2.24, 2.45) is 5.92 Å². The molecule has 1 aromatic carbocycles. The Kier molecular flexibility index (Phi) is 5.53. The van der Waals surface area contributed by atoms with Gasteiger partial charge in [0, 0.05) is 16.8 Å². The summed E-state index contributed by atoms with van der Waals surface area (Å²) in [4.78, 5) is 26.5. The predicted molar refractivity (Wildman–Crippen MR) is 103 cm³/mol. The number of hydrogen-bond donors (Lipinski definition) is 2. The molecule has 5 heteroatoms. The molecule has 0 fully saturated rings. The van der Waals surface area contributed by atoms with E-state index in [0.29, 0.717) is 23.7 Å². The lowest BCUT2D eigenvalue weighted by Crippen LogP contribution is -2.28. The third-order valence-electron chi connectivity index (χ3n) is 4.40. The Balaban J connectivity index is 1.78. The van der Waals surface area contributed by atoms with E-state index in [2.05, 4.69) is 10.6 Å². The normalized spacial score (nSPS) is 13.4. The van der Waals surface area contributed by atoms with Crippen molar-refractivity contribution in [3.8, 4) is 0 Å². The molecule has 2 amide bonds. The van der Waals surface area contributed by atoms with Gasteiger partial charge in [0.2, 0.25) is 0 Å². The minimum Gasteiger partial charge on any atom is -0.352 e. The lowest BCUT2D eigenvalue weighted by atomic mass is 9.95. The summed E-state index contributed by atoms with van der Waals surface area (Å²) in [6.07, 6.45) is 4.38. The summed E-state index contributed by atoms with van der Waals surface area (Å²) in [5.41, 5.74) is 3.01. The van der Waals surface area contributed by atoms with Crippen LogP contribution in [0.3, 0.4) is 0 Å². The Bertz CT molecular complexity index is 780. The van der Waals surface area contributed by atoms with E-state index in [0.717, 1.165) is 24.8 Å². The molecule has 0 atom stereocenters. The van der Waals surface area contributed by atoms with Crippen LogP contribution in [0.2, 0.25) is 0 Å². The van der Waals surface area contributed by atoms with Gasteiger partial charge in [0.15, 0.2) is 0 Å². The summed E-state index contributed by atoms with van der Waals surface area (Å²) >= 11 is 1.67. The quantitative estimate of drug-likeness (QED) is 0.841. The molecule has 0 aliphatic heterocycles. The number of aryl methyl sites for hydroxylation is 1. The van der Waals surface area contributed by atoms with Gasteiger partial charge in [-0.05, 0) is 49.3 Å². The number of carbonyl (C=O) groups is 2. The molecule has 4 nitrogen and oxygen atoms in total. The van der Waals surface area contributed by atoms with Gasteiger partial charge in [-0.1, -0.05) is 26.0 Å². The van der Waals surface area contributed by atoms with Crippen molar-refractivity contribution < 1.29 is 9.59 Å². The molecular weight excluding hydrogens is 332 g/mol. The fourth-order valence-electron chi connectivity index (χ4n) is 3.06. The van der Waals surface area contributed by atoms with Crippen molar-refractivity contribution in [2.45, 2.75) is 39.5 Å². The highest BCUT2D eigenvalue weighted by molar-refractivity contribution is 7.10. The van der Waals surface area contributed by atoms with Gasteiger partial charge in [0.05, 0.1) is 16.8 Å². The highest BCUT2D eigenvalue weighted by Crippen LogP contribution is 2.31. The summed E-state index contributed by atoms with van der Waals surface area (Å²) in [6, 6.07) is 7.17. The Hall–Kier alpha value is -2.14. The van der Waals surface area contributed by atoms with Gasteiger partial charge in [-0.25, -0.2) is 0 Å². The van der Waals surface area contributed by atoms with E-state index in [4.69, 9.17) is 0 Å². The largest absolute Gasteiger partial charge is 0.352 e. The Labute approximate surface area is 152 Å². The molecule has 132 valence electrons. The first-order chi connectivity index (χ1) is 12.1. The maximum absolute atomic E-state index is 12.8. The van der Waals surface area contributed by atoms with Crippen LogP contribution in [-0.4, -0.2) is 18.4 Å². The van der Waals surface area contributed by atoms with Crippen LogP contribution in [0.1, 0.15) is 57.8 Å². The second-order valence-corrected chi connectivity index (χ2v) is 7.83. The summed E-state index contributed by atoms with van der Waals surface area (Å²) < 4.78 is 0. The lowest BCUT2D eigenvalue weighted by molar-refractivity contribution is 0.0950. The number of thiophene rings is 1. The third-order valence-corrected chi connectivity index (χ3v) is 5.49. The molecule has 1 aliphatic rings. The standard InChI is InChI=1S/C20H24N2O2S/c1-13(2)11-21-19(23)15-8-3-5-9-17(15)22-20(24)16-12-25-18-10-6-4-7-14(16)18/h3,5,8-9,12-13H,4,6-7,10-11H2,1-2H3,(H,21,23)(H,22,24). The van der Waals surface area contributed by atoms with E-state index in [1.54, 1.807) is 23.5 Å². The molecule has 0 unspecified atom stereocenters. The van der Waals surface area contributed by atoms with Crippen molar-refractivity contribution in [3.05, 3.63) is 51.2 Å². The first-order valence-electron chi connectivity index (χ1n) is 8.84. The number of para-hydroxylation sites is 1. The summed E-state index contributed by atoms with van der Waals surface area (Å²) in [5.74, 6) is 0.100. The van der Waals surface area contributed by atoms with Gasteiger partial charge < -0.3 is 10.6 Å². The second kappa shape index (κ2) is 7.83. The zero-order valence-corrected chi connectivity index (χ0v) is 15.5. The van der Waals surface area contributed by atoms with E-state index < -0.39 is 0 Å². The smallest absolute Gasteiger partial charge is 0.256 e. The minimum atomic E-state index is -0.156. The summed E-state index contributed by atoms with van der Waals surface area (Å²) in [7, 11) is 0. The zero-order valence-electron chi connectivity index (χ0n) is 14.7. The van der Waals surface area contributed by atoms with Crippen LogP contribution in [0, 0.1) is 5.92 Å². The minimum absolute atomic E-state index is 0.122. The number of amides is 2. The first-order valence-corrected chi connectivity index (χ1v) is 9.72. The van der Waals surface area contributed by atoms with Gasteiger partial charge >= 0.3 is 0 Å². The number of fused-ring (bicyclic) bond motifs is 1. The molecule has 0 radical (unpaired) electrons. The van der Waals surface area contributed by atoms with Gasteiger partial charge in [0.1, 0.15) is 0 Å². The SMILES string of the molecule is CC(C)CNC(=O)c1ccccc1NC(=O)c1csc2c1CCCC2. The molecule has 1 heterocycles. The lowest BCUT2D eigenvalue weighted by Gasteiger charge is -2.14.